The van der Waals surface area contributed by atoms with E-state index in [-0.39, 0.29) is 0 Å². The fraction of sp³-hybridized carbons (Fsp3) is 0.400. The molecule has 1 heteroatoms. The monoisotopic (exact) mass is 148 g/mol. The molecule has 0 bridgehead atoms. The lowest BCUT2D eigenvalue weighted by molar-refractivity contribution is 0.712. The summed E-state index contributed by atoms with van der Waals surface area (Å²) in [6.45, 7) is 6.23. The number of rotatable bonds is 3. The van der Waals surface area contributed by atoms with Crippen LogP contribution in [0.15, 0.2) is 24.5 Å². The zero-order valence-corrected chi connectivity index (χ0v) is 6.96. The summed E-state index contributed by atoms with van der Waals surface area (Å²) in [5.41, 5.74) is 1.24. The van der Waals surface area contributed by atoms with Gasteiger partial charge in [0.15, 0.2) is 0 Å². The molecule has 0 aliphatic carbocycles. The second-order valence-electron chi connectivity index (χ2n) is 2.77. The molecule has 0 N–H and O–H groups in total. The molecule has 1 unspecified atom stereocenters. The smallest absolute Gasteiger partial charge is 0.0302 e. The lowest BCUT2D eigenvalue weighted by atomic mass is 9.99. The summed E-state index contributed by atoms with van der Waals surface area (Å²) in [7, 11) is 0. The van der Waals surface area contributed by atoms with Crippen LogP contribution in [0, 0.1) is 6.92 Å². The third kappa shape index (κ3) is 2.34. The van der Waals surface area contributed by atoms with Crippen LogP contribution in [0.25, 0.3) is 0 Å². The molecule has 1 aromatic rings. The van der Waals surface area contributed by atoms with E-state index in [0.717, 1.165) is 6.42 Å². The van der Waals surface area contributed by atoms with E-state index < -0.39 is 0 Å². The zero-order chi connectivity index (χ0) is 8.10. The normalized spacial score (nSPS) is 12.9. The molecule has 1 radical (unpaired) electrons. The van der Waals surface area contributed by atoms with Crippen LogP contribution in [0.4, 0.5) is 0 Å². The maximum Gasteiger partial charge on any atom is 0.0302 e. The van der Waals surface area contributed by atoms with Crippen molar-refractivity contribution in [2.75, 3.05) is 0 Å². The van der Waals surface area contributed by atoms with Gasteiger partial charge in [-0.3, -0.25) is 4.98 Å². The average Bonchev–Trinajstić information content (AvgIpc) is 2.07. The summed E-state index contributed by atoms with van der Waals surface area (Å²) < 4.78 is 0. The first-order valence-electron chi connectivity index (χ1n) is 4.07. The van der Waals surface area contributed by atoms with E-state index in [1.54, 1.807) is 6.20 Å². The number of hydrogen-bond acceptors (Lipinski definition) is 1. The summed E-state index contributed by atoms with van der Waals surface area (Å²) in [6, 6.07) is 4.05. The fourth-order valence-corrected chi connectivity index (χ4v) is 1.13. The van der Waals surface area contributed by atoms with Gasteiger partial charge in [0.1, 0.15) is 0 Å². The maximum absolute atomic E-state index is 4.06. The van der Waals surface area contributed by atoms with Gasteiger partial charge in [0.25, 0.3) is 0 Å². The first kappa shape index (κ1) is 8.25. The Kier molecular flexibility index (Phi) is 3.09. The molecule has 0 amide bonds. The summed E-state index contributed by atoms with van der Waals surface area (Å²) in [6.07, 6.45) is 6.02. The van der Waals surface area contributed by atoms with Gasteiger partial charge in [-0.2, -0.15) is 0 Å². The summed E-state index contributed by atoms with van der Waals surface area (Å²) >= 11 is 0. The Morgan fingerprint density at radius 3 is 3.00 bits per heavy atom. The Hall–Kier alpha value is -0.850. The van der Waals surface area contributed by atoms with E-state index in [0.29, 0.717) is 5.92 Å². The molecule has 0 saturated heterocycles. The SMILES string of the molecule is [CH2]C(CCC)c1cccnc1. The van der Waals surface area contributed by atoms with Crippen molar-refractivity contribution in [3.63, 3.8) is 0 Å². The second-order valence-corrected chi connectivity index (χ2v) is 2.77. The van der Waals surface area contributed by atoms with Crippen LogP contribution in [0.3, 0.4) is 0 Å². The van der Waals surface area contributed by atoms with Gasteiger partial charge >= 0.3 is 0 Å². The van der Waals surface area contributed by atoms with Gasteiger partial charge < -0.3 is 0 Å². The van der Waals surface area contributed by atoms with Crippen LogP contribution < -0.4 is 0 Å². The molecule has 11 heavy (non-hydrogen) atoms. The topological polar surface area (TPSA) is 12.9 Å². The number of nitrogens with zero attached hydrogens (tertiary/aromatic N) is 1. The predicted molar refractivity (Wildman–Crippen MR) is 47.2 cm³/mol. The van der Waals surface area contributed by atoms with Crippen molar-refractivity contribution in [1.29, 1.82) is 0 Å². The van der Waals surface area contributed by atoms with E-state index in [1.807, 2.05) is 12.3 Å². The van der Waals surface area contributed by atoms with E-state index >= 15 is 0 Å². The van der Waals surface area contributed by atoms with Crippen LogP contribution in [0.5, 0.6) is 0 Å². The standard InChI is InChI=1S/C10H14N/c1-3-5-9(2)10-6-4-7-11-8-10/h4,6-9H,2-3,5H2,1H3. The van der Waals surface area contributed by atoms with Crippen molar-refractivity contribution in [2.24, 2.45) is 0 Å². The lowest BCUT2D eigenvalue weighted by Crippen LogP contribution is -1.92. The Bertz CT molecular complexity index is 193. The van der Waals surface area contributed by atoms with E-state index in [1.165, 1.54) is 12.0 Å². The first-order valence-corrected chi connectivity index (χ1v) is 4.07. The van der Waals surface area contributed by atoms with Crippen LogP contribution >= 0.6 is 0 Å². The molecule has 0 aromatic carbocycles. The van der Waals surface area contributed by atoms with Gasteiger partial charge in [-0.25, -0.2) is 0 Å². The molecule has 0 fully saturated rings. The van der Waals surface area contributed by atoms with Gasteiger partial charge in [-0.05, 0) is 30.9 Å². The molecule has 1 aromatic heterocycles. The van der Waals surface area contributed by atoms with Crippen molar-refractivity contribution in [1.82, 2.24) is 4.98 Å². The molecular weight excluding hydrogens is 134 g/mol. The fourth-order valence-electron chi connectivity index (χ4n) is 1.13. The van der Waals surface area contributed by atoms with Crippen molar-refractivity contribution in [3.8, 4) is 0 Å². The average molecular weight is 148 g/mol. The number of hydrogen-bond donors (Lipinski definition) is 0. The van der Waals surface area contributed by atoms with Gasteiger partial charge in [0, 0.05) is 12.4 Å². The van der Waals surface area contributed by atoms with Crippen molar-refractivity contribution < 1.29 is 0 Å². The quantitative estimate of drug-likeness (QED) is 0.642. The highest BCUT2D eigenvalue weighted by Gasteiger charge is 2.02. The van der Waals surface area contributed by atoms with Gasteiger partial charge in [-0.1, -0.05) is 19.4 Å². The van der Waals surface area contributed by atoms with Gasteiger partial charge in [0.2, 0.25) is 0 Å². The van der Waals surface area contributed by atoms with Crippen molar-refractivity contribution >= 4 is 0 Å². The second kappa shape index (κ2) is 4.12. The third-order valence-electron chi connectivity index (χ3n) is 1.79. The number of aromatic nitrogens is 1. The number of pyridine rings is 1. The highest BCUT2D eigenvalue weighted by atomic mass is 14.6. The summed E-state index contributed by atoms with van der Waals surface area (Å²) in [5, 5.41) is 0. The minimum atomic E-state index is 0.411. The Labute approximate surface area is 68.5 Å². The van der Waals surface area contributed by atoms with Crippen LogP contribution in [0.2, 0.25) is 0 Å². The predicted octanol–water partition coefficient (Wildman–Crippen LogP) is 2.80. The first-order chi connectivity index (χ1) is 5.34. The molecule has 1 rings (SSSR count). The van der Waals surface area contributed by atoms with Crippen molar-refractivity contribution in [2.45, 2.75) is 25.7 Å². The molecular formula is C10H14N. The molecule has 0 aliphatic rings. The molecule has 0 spiro atoms. The molecule has 1 heterocycles. The van der Waals surface area contributed by atoms with Crippen LogP contribution in [0.1, 0.15) is 31.2 Å². The van der Waals surface area contributed by atoms with Crippen LogP contribution in [-0.2, 0) is 0 Å². The molecule has 1 nitrogen and oxygen atoms in total. The summed E-state index contributed by atoms with van der Waals surface area (Å²) in [5.74, 6) is 0.411. The van der Waals surface area contributed by atoms with E-state index in [2.05, 4.69) is 24.9 Å². The molecule has 59 valence electrons. The zero-order valence-electron chi connectivity index (χ0n) is 6.96. The Morgan fingerprint density at radius 1 is 1.64 bits per heavy atom. The molecule has 1 atom stereocenters. The minimum Gasteiger partial charge on any atom is -0.264 e. The van der Waals surface area contributed by atoms with Crippen LogP contribution in [-0.4, -0.2) is 4.98 Å². The summed E-state index contributed by atoms with van der Waals surface area (Å²) in [4.78, 5) is 4.05. The highest BCUT2D eigenvalue weighted by Crippen LogP contribution is 2.17. The Morgan fingerprint density at radius 2 is 2.45 bits per heavy atom. The Balaban J connectivity index is 2.61. The van der Waals surface area contributed by atoms with Crippen molar-refractivity contribution in [3.05, 3.63) is 37.0 Å². The maximum atomic E-state index is 4.06. The highest BCUT2D eigenvalue weighted by molar-refractivity contribution is 5.15. The molecule has 0 aliphatic heterocycles. The van der Waals surface area contributed by atoms with Gasteiger partial charge in [0.05, 0.1) is 0 Å². The third-order valence-corrected chi connectivity index (χ3v) is 1.79. The largest absolute Gasteiger partial charge is 0.264 e. The molecule has 0 saturated carbocycles. The lowest BCUT2D eigenvalue weighted by Gasteiger charge is -2.08. The minimum absolute atomic E-state index is 0.411. The van der Waals surface area contributed by atoms with Gasteiger partial charge in [-0.15, -0.1) is 0 Å². The van der Waals surface area contributed by atoms with E-state index in [4.69, 9.17) is 0 Å². The van der Waals surface area contributed by atoms with E-state index in [9.17, 15) is 0 Å².